The van der Waals surface area contributed by atoms with Crippen LogP contribution in [-0.2, 0) is 28.6 Å². The standard InChI is InChI=1S/C12H20N2O5.C2HF3O2/c13-3-5-17-7-9-19-10-8-18-6-4-14-11(15)1-2-12(14)16;3-2(4,5)1(6)7/h1-2H,3-10,13H2;(H,6,7). The average Bonchev–Trinajstić information content (AvgIpc) is 2.88. The Kier molecular flexibility index (Phi) is 12.2. The van der Waals surface area contributed by atoms with Gasteiger partial charge < -0.3 is 25.1 Å². The highest BCUT2D eigenvalue weighted by Crippen LogP contribution is 2.13. The van der Waals surface area contributed by atoms with Crippen molar-refractivity contribution < 1.29 is 46.9 Å². The number of alkyl halides is 3. The number of carbonyl (C=O) groups is 3. The van der Waals surface area contributed by atoms with Crippen LogP contribution in [0.4, 0.5) is 13.2 Å². The number of carbonyl (C=O) groups excluding carboxylic acids is 2. The van der Waals surface area contributed by atoms with Crippen LogP contribution in [0.25, 0.3) is 0 Å². The van der Waals surface area contributed by atoms with Crippen LogP contribution in [0.5, 0.6) is 0 Å². The third kappa shape index (κ3) is 11.5. The molecule has 0 fully saturated rings. The van der Waals surface area contributed by atoms with Crippen molar-refractivity contribution in [2.75, 3.05) is 52.7 Å². The molecular formula is C14H21F3N2O7. The zero-order valence-electron chi connectivity index (χ0n) is 13.9. The predicted octanol–water partition coefficient (Wildman–Crippen LogP) is -0.447. The van der Waals surface area contributed by atoms with Crippen molar-refractivity contribution in [3.63, 3.8) is 0 Å². The Bertz CT molecular complexity index is 466. The Morgan fingerprint density at radius 2 is 1.35 bits per heavy atom. The summed E-state index contributed by atoms with van der Waals surface area (Å²) in [6.07, 6.45) is -2.57. The maximum absolute atomic E-state index is 11.2. The number of rotatable bonds is 11. The Morgan fingerprint density at radius 3 is 1.73 bits per heavy atom. The van der Waals surface area contributed by atoms with Gasteiger partial charge in [-0.2, -0.15) is 13.2 Å². The van der Waals surface area contributed by atoms with Gasteiger partial charge in [-0.25, -0.2) is 4.79 Å². The van der Waals surface area contributed by atoms with Crippen molar-refractivity contribution in [3.8, 4) is 0 Å². The zero-order valence-corrected chi connectivity index (χ0v) is 13.9. The first kappa shape index (κ1) is 24.0. The van der Waals surface area contributed by atoms with E-state index < -0.39 is 12.1 Å². The number of amides is 2. The first-order valence-corrected chi connectivity index (χ1v) is 7.47. The molecule has 150 valence electrons. The number of nitrogens with two attached hydrogens (primary N) is 1. The van der Waals surface area contributed by atoms with E-state index >= 15 is 0 Å². The van der Waals surface area contributed by atoms with E-state index in [0.29, 0.717) is 46.2 Å². The lowest BCUT2D eigenvalue weighted by molar-refractivity contribution is -0.192. The molecule has 12 heteroatoms. The molecule has 0 radical (unpaired) electrons. The first-order valence-electron chi connectivity index (χ1n) is 7.47. The van der Waals surface area contributed by atoms with Crippen molar-refractivity contribution in [1.82, 2.24) is 4.90 Å². The second-order valence-corrected chi connectivity index (χ2v) is 4.59. The van der Waals surface area contributed by atoms with E-state index in [0.717, 1.165) is 4.90 Å². The van der Waals surface area contributed by atoms with Crippen LogP contribution in [0.2, 0.25) is 0 Å². The molecule has 0 aliphatic carbocycles. The van der Waals surface area contributed by atoms with Gasteiger partial charge in [0.15, 0.2) is 0 Å². The third-order valence-electron chi connectivity index (χ3n) is 2.61. The number of nitrogens with zero attached hydrogens (tertiary/aromatic N) is 1. The van der Waals surface area contributed by atoms with E-state index in [4.69, 9.17) is 29.8 Å². The van der Waals surface area contributed by atoms with Gasteiger partial charge in [0, 0.05) is 18.7 Å². The molecule has 26 heavy (non-hydrogen) atoms. The summed E-state index contributed by atoms with van der Waals surface area (Å²) in [5.41, 5.74) is 5.25. The lowest BCUT2D eigenvalue weighted by atomic mass is 10.5. The van der Waals surface area contributed by atoms with Gasteiger partial charge in [0.1, 0.15) is 0 Å². The van der Waals surface area contributed by atoms with Crippen LogP contribution >= 0.6 is 0 Å². The molecule has 0 unspecified atom stereocenters. The van der Waals surface area contributed by atoms with Crippen LogP contribution in [0.3, 0.4) is 0 Å². The summed E-state index contributed by atoms with van der Waals surface area (Å²) >= 11 is 0. The fraction of sp³-hybridized carbons (Fsp3) is 0.643. The number of hydrogen-bond donors (Lipinski definition) is 2. The molecule has 1 rings (SSSR count). The van der Waals surface area contributed by atoms with Gasteiger partial charge in [0.2, 0.25) is 0 Å². The van der Waals surface area contributed by atoms with Crippen molar-refractivity contribution in [1.29, 1.82) is 0 Å². The highest BCUT2D eigenvalue weighted by Gasteiger charge is 2.38. The third-order valence-corrected chi connectivity index (χ3v) is 2.61. The number of halogens is 3. The Hall–Kier alpha value is -2.02. The smallest absolute Gasteiger partial charge is 0.475 e. The largest absolute Gasteiger partial charge is 0.490 e. The van der Waals surface area contributed by atoms with Gasteiger partial charge in [-0.05, 0) is 0 Å². The second-order valence-electron chi connectivity index (χ2n) is 4.59. The van der Waals surface area contributed by atoms with E-state index in [-0.39, 0.29) is 18.4 Å². The number of aliphatic carboxylic acids is 1. The molecule has 1 heterocycles. The number of carboxylic acids is 1. The highest BCUT2D eigenvalue weighted by molar-refractivity contribution is 6.12. The molecule has 3 N–H and O–H groups in total. The molecule has 0 saturated heterocycles. The molecule has 1 aliphatic heterocycles. The Morgan fingerprint density at radius 1 is 0.962 bits per heavy atom. The molecule has 2 amide bonds. The van der Waals surface area contributed by atoms with Gasteiger partial charge in [-0.1, -0.05) is 0 Å². The van der Waals surface area contributed by atoms with Gasteiger partial charge in [0.05, 0.1) is 46.2 Å². The molecule has 0 spiro atoms. The fourth-order valence-corrected chi connectivity index (χ4v) is 1.43. The minimum atomic E-state index is -5.08. The molecule has 0 bridgehead atoms. The topological polar surface area (TPSA) is 128 Å². The van der Waals surface area contributed by atoms with E-state index in [1.165, 1.54) is 12.2 Å². The van der Waals surface area contributed by atoms with Gasteiger partial charge in [0.25, 0.3) is 11.8 Å². The number of ether oxygens (including phenoxy) is 3. The van der Waals surface area contributed by atoms with E-state index in [1.54, 1.807) is 0 Å². The molecule has 0 atom stereocenters. The molecule has 0 aromatic rings. The number of carboxylic acid groups (broad SMARTS) is 1. The monoisotopic (exact) mass is 386 g/mol. The average molecular weight is 386 g/mol. The molecular weight excluding hydrogens is 365 g/mol. The normalized spacial score (nSPS) is 13.8. The summed E-state index contributed by atoms with van der Waals surface area (Å²) in [6, 6.07) is 0. The van der Waals surface area contributed by atoms with E-state index in [9.17, 15) is 22.8 Å². The summed E-state index contributed by atoms with van der Waals surface area (Å²) in [5.74, 6) is -3.34. The molecule has 0 aromatic heterocycles. The predicted molar refractivity (Wildman–Crippen MR) is 81.1 cm³/mol. The van der Waals surface area contributed by atoms with E-state index in [1.807, 2.05) is 0 Å². The fourth-order valence-electron chi connectivity index (χ4n) is 1.43. The summed E-state index contributed by atoms with van der Waals surface area (Å²) in [7, 11) is 0. The zero-order chi connectivity index (χ0) is 20.0. The van der Waals surface area contributed by atoms with Gasteiger partial charge in [-0.15, -0.1) is 0 Å². The Balaban J connectivity index is 0.000000758. The maximum Gasteiger partial charge on any atom is 0.490 e. The number of imide groups is 1. The Labute approximate surface area is 147 Å². The molecule has 0 aromatic carbocycles. The van der Waals surface area contributed by atoms with Crippen molar-refractivity contribution in [2.45, 2.75) is 6.18 Å². The summed E-state index contributed by atoms with van der Waals surface area (Å²) < 4.78 is 47.4. The van der Waals surface area contributed by atoms with Gasteiger partial charge in [-0.3, -0.25) is 14.5 Å². The minimum absolute atomic E-state index is 0.268. The van der Waals surface area contributed by atoms with Crippen LogP contribution in [0, 0.1) is 0 Å². The van der Waals surface area contributed by atoms with Crippen molar-refractivity contribution in [3.05, 3.63) is 12.2 Å². The van der Waals surface area contributed by atoms with Crippen LogP contribution < -0.4 is 5.73 Å². The summed E-state index contributed by atoms with van der Waals surface area (Å²) in [5, 5.41) is 7.12. The lowest BCUT2D eigenvalue weighted by Gasteiger charge is -2.13. The van der Waals surface area contributed by atoms with Crippen LogP contribution in [0.1, 0.15) is 0 Å². The van der Waals surface area contributed by atoms with Gasteiger partial charge >= 0.3 is 12.1 Å². The quantitative estimate of drug-likeness (QED) is 0.361. The molecule has 0 saturated carbocycles. The van der Waals surface area contributed by atoms with Crippen molar-refractivity contribution in [2.24, 2.45) is 5.73 Å². The van der Waals surface area contributed by atoms with E-state index in [2.05, 4.69) is 0 Å². The lowest BCUT2D eigenvalue weighted by Crippen LogP contribution is -2.33. The number of hydrogen-bond acceptors (Lipinski definition) is 7. The minimum Gasteiger partial charge on any atom is -0.475 e. The molecule has 9 nitrogen and oxygen atoms in total. The first-order chi connectivity index (χ1) is 12.2. The van der Waals surface area contributed by atoms with Crippen molar-refractivity contribution >= 4 is 17.8 Å². The maximum atomic E-state index is 11.2. The molecule has 1 aliphatic rings. The van der Waals surface area contributed by atoms with Crippen LogP contribution in [0.15, 0.2) is 12.2 Å². The van der Waals surface area contributed by atoms with Crippen LogP contribution in [-0.4, -0.2) is 86.7 Å². The summed E-state index contributed by atoms with van der Waals surface area (Å²) in [4.78, 5) is 32.4. The second kappa shape index (κ2) is 13.2. The SMILES string of the molecule is NCCOCCOCCOCCN1C(=O)C=CC1=O.O=C(O)C(F)(F)F. The highest BCUT2D eigenvalue weighted by atomic mass is 19.4. The summed E-state index contributed by atoms with van der Waals surface area (Å²) in [6.45, 7) is 3.50.